The lowest BCUT2D eigenvalue weighted by atomic mass is 10.2. The fourth-order valence-corrected chi connectivity index (χ4v) is 2.62. The standard InChI is InChI=1S/C11H12N2O5S/c12-7-8-2-1-3-9(6-8)19(17,18)13-10(4-5-14)11(15)16/h1-3,6,10,13-14H,4-5H2,(H,15,16)/t10-/m0/s1. The van der Waals surface area contributed by atoms with Gasteiger partial charge in [-0.15, -0.1) is 0 Å². The first kappa shape index (κ1) is 15.1. The number of carbonyl (C=O) groups is 1. The van der Waals surface area contributed by atoms with Crippen molar-refractivity contribution < 1.29 is 23.4 Å². The number of rotatable bonds is 6. The van der Waals surface area contributed by atoms with Crippen LogP contribution >= 0.6 is 0 Å². The van der Waals surface area contributed by atoms with Crippen LogP contribution in [-0.2, 0) is 14.8 Å². The number of aliphatic hydroxyl groups excluding tert-OH is 1. The molecule has 0 spiro atoms. The van der Waals surface area contributed by atoms with Crippen molar-refractivity contribution in [3.05, 3.63) is 29.8 Å². The second-order valence-electron chi connectivity index (χ2n) is 3.66. The Kier molecular flexibility index (Phi) is 5.00. The number of nitriles is 1. The Morgan fingerprint density at radius 1 is 1.47 bits per heavy atom. The maximum atomic E-state index is 11.9. The highest BCUT2D eigenvalue weighted by Crippen LogP contribution is 2.12. The van der Waals surface area contributed by atoms with Gasteiger partial charge in [-0.25, -0.2) is 8.42 Å². The Morgan fingerprint density at radius 2 is 2.16 bits per heavy atom. The number of carboxylic acids is 1. The highest BCUT2D eigenvalue weighted by molar-refractivity contribution is 7.89. The second kappa shape index (κ2) is 6.29. The first-order valence-corrected chi connectivity index (χ1v) is 6.75. The van der Waals surface area contributed by atoms with Crippen LogP contribution in [0.15, 0.2) is 29.2 Å². The number of sulfonamides is 1. The molecule has 0 bridgehead atoms. The fourth-order valence-electron chi connectivity index (χ4n) is 1.35. The minimum atomic E-state index is -4.05. The third kappa shape index (κ3) is 4.03. The predicted molar refractivity (Wildman–Crippen MR) is 64.6 cm³/mol. The summed E-state index contributed by atoms with van der Waals surface area (Å²) in [6.07, 6.45) is -0.244. The van der Waals surface area contributed by atoms with E-state index in [0.29, 0.717) is 0 Å². The molecular weight excluding hydrogens is 272 g/mol. The van der Waals surface area contributed by atoms with E-state index >= 15 is 0 Å². The summed E-state index contributed by atoms with van der Waals surface area (Å²) in [6, 6.07) is 5.58. The number of aliphatic carboxylic acids is 1. The molecule has 7 nitrogen and oxygen atoms in total. The van der Waals surface area contributed by atoms with Gasteiger partial charge in [0, 0.05) is 6.61 Å². The molecule has 3 N–H and O–H groups in total. The molecule has 0 aliphatic rings. The van der Waals surface area contributed by atoms with Crippen LogP contribution in [-0.4, -0.2) is 37.2 Å². The summed E-state index contributed by atoms with van der Waals surface area (Å²) in [6.45, 7) is -0.461. The molecule has 102 valence electrons. The van der Waals surface area contributed by atoms with Gasteiger partial charge >= 0.3 is 5.97 Å². The number of benzene rings is 1. The Labute approximate surface area is 110 Å². The number of nitrogens with one attached hydrogen (secondary N) is 1. The summed E-state index contributed by atoms with van der Waals surface area (Å²) < 4.78 is 25.8. The average Bonchev–Trinajstić information content (AvgIpc) is 2.38. The van der Waals surface area contributed by atoms with Crippen molar-refractivity contribution in [3.8, 4) is 6.07 Å². The molecule has 0 aromatic heterocycles. The van der Waals surface area contributed by atoms with Crippen molar-refractivity contribution in [2.75, 3.05) is 6.61 Å². The SMILES string of the molecule is N#Cc1cccc(S(=O)(=O)N[C@@H](CCO)C(=O)O)c1. The Hall–Kier alpha value is -1.95. The molecule has 0 radical (unpaired) electrons. The van der Waals surface area contributed by atoms with Gasteiger partial charge in [-0.1, -0.05) is 6.07 Å². The normalized spacial score (nSPS) is 12.6. The van der Waals surface area contributed by atoms with Crippen molar-refractivity contribution in [2.24, 2.45) is 0 Å². The molecule has 0 aliphatic carbocycles. The highest BCUT2D eigenvalue weighted by Gasteiger charge is 2.24. The zero-order valence-electron chi connectivity index (χ0n) is 9.78. The summed E-state index contributed by atoms with van der Waals surface area (Å²) in [7, 11) is -4.05. The van der Waals surface area contributed by atoms with Gasteiger partial charge in [-0.2, -0.15) is 9.98 Å². The van der Waals surface area contributed by atoms with E-state index in [2.05, 4.69) is 0 Å². The summed E-state index contributed by atoms with van der Waals surface area (Å²) >= 11 is 0. The molecule has 1 rings (SSSR count). The smallest absolute Gasteiger partial charge is 0.321 e. The summed E-state index contributed by atoms with van der Waals surface area (Å²) in [5.41, 5.74) is 0.150. The van der Waals surface area contributed by atoms with E-state index in [1.807, 2.05) is 4.72 Å². The first-order valence-electron chi connectivity index (χ1n) is 5.27. The zero-order chi connectivity index (χ0) is 14.5. The van der Waals surface area contributed by atoms with Gasteiger partial charge in [0.2, 0.25) is 10.0 Å². The summed E-state index contributed by atoms with van der Waals surface area (Å²) in [5, 5.41) is 26.2. The number of carboxylic acid groups (broad SMARTS) is 1. The van der Waals surface area contributed by atoms with E-state index in [4.69, 9.17) is 15.5 Å². The third-order valence-electron chi connectivity index (χ3n) is 2.29. The minimum absolute atomic E-state index is 0.150. The van der Waals surface area contributed by atoms with Crippen molar-refractivity contribution in [3.63, 3.8) is 0 Å². The Bertz CT molecular complexity index is 606. The van der Waals surface area contributed by atoms with Gasteiger partial charge < -0.3 is 10.2 Å². The number of hydrogen-bond donors (Lipinski definition) is 3. The number of aliphatic hydroxyl groups is 1. The van der Waals surface area contributed by atoms with Gasteiger partial charge in [0.1, 0.15) is 6.04 Å². The third-order valence-corrected chi connectivity index (χ3v) is 3.76. The van der Waals surface area contributed by atoms with Crippen LogP contribution in [0.2, 0.25) is 0 Å². The molecule has 0 aliphatic heterocycles. The quantitative estimate of drug-likeness (QED) is 0.656. The van der Waals surface area contributed by atoms with Crippen molar-refractivity contribution in [1.82, 2.24) is 4.72 Å². The second-order valence-corrected chi connectivity index (χ2v) is 5.38. The summed E-state index contributed by atoms with van der Waals surface area (Å²) in [5.74, 6) is -1.38. The molecule has 1 atom stereocenters. The molecule has 0 saturated heterocycles. The topological polar surface area (TPSA) is 127 Å². The van der Waals surface area contributed by atoms with Gasteiger partial charge in [0.25, 0.3) is 0 Å². The molecule has 8 heteroatoms. The molecule has 1 aromatic carbocycles. The molecule has 19 heavy (non-hydrogen) atoms. The molecular formula is C11H12N2O5S. The average molecular weight is 284 g/mol. The van der Waals surface area contributed by atoms with Crippen LogP contribution < -0.4 is 4.72 Å². The molecule has 1 aromatic rings. The zero-order valence-corrected chi connectivity index (χ0v) is 10.6. The maximum absolute atomic E-state index is 11.9. The fraction of sp³-hybridized carbons (Fsp3) is 0.273. The van der Waals surface area contributed by atoms with E-state index in [1.165, 1.54) is 18.2 Å². The highest BCUT2D eigenvalue weighted by atomic mass is 32.2. The first-order chi connectivity index (χ1) is 8.90. The monoisotopic (exact) mass is 284 g/mol. The van der Waals surface area contributed by atoms with Crippen LogP contribution in [0.25, 0.3) is 0 Å². The van der Waals surface area contributed by atoms with Crippen molar-refractivity contribution in [1.29, 1.82) is 5.26 Å². The van der Waals surface area contributed by atoms with E-state index < -0.39 is 28.6 Å². The molecule has 0 fully saturated rings. The largest absolute Gasteiger partial charge is 0.480 e. The molecule has 0 amide bonds. The maximum Gasteiger partial charge on any atom is 0.321 e. The van der Waals surface area contributed by atoms with E-state index in [1.54, 1.807) is 6.07 Å². The van der Waals surface area contributed by atoms with Gasteiger partial charge in [0.15, 0.2) is 0 Å². The Balaban J connectivity index is 3.03. The predicted octanol–water partition coefficient (Wildman–Crippen LogP) is -0.328. The molecule has 0 saturated carbocycles. The van der Waals surface area contributed by atoms with E-state index in [9.17, 15) is 13.2 Å². The van der Waals surface area contributed by atoms with Crippen molar-refractivity contribution in [2.45, 2.75) is 17.4 Å². The number of nitrogens with zero attached hydrogens (tertiary/aromatic N) is 1. The van der Waals surface area contributed by atoms with Gasteiger partial charge in [0.05, 0.1) is 16.5 Å². The molecule has 0 unspecified atom stereocenters. The summed E-state index contributed by atoms with van der Waals surface area (Å²) in [4.78, 5) is 10.6. The van der Waals surface area contributed by atoms with E-state index in [-0.39, 0.29) is 16.9 Å². The minimum Gasteiger partial charge on any atom is -0.480 e. The van der Waals surface area contributed by atoms with Crippen LogP contribution in [0.4, 0.5) is 0 Å². The van der Waals surface area contributed by atoms with Crippen molar-refractivity contribution >= 4 is 16.0 Å². The lowest BCUT2D eigenvalue weighted by molar-refractivity contribution is -0.139. The number of hydrogen-bond acceptors (Lipinski definition) is 5. The van der Waals surface area contributed by atoms with Crippen LogP contribution in [0.5, 0.6) is 0 Å². The van der Waals surface area contributed by atoms with Gasteiger partial charge in [-0.3, -0.25) is 4.79 Å². The van der Waals surface area contributed by atoms with Crippen LogP contribution in [0, 0.1) is 11.3 Å². The van der Waals surface area contributed by atoms with Gasteiger partial charge in [-0.05, 0) is 24.6 Å². The lowest BCUT2D eigenvalue weighted by Gasteiger charge is -2.13. The van der Waals surface area contributed by atoms with Crippen LogP contribution in [0.1, 0.15) is 12.0 Å². The molecule has 0 heterocycles. The Morgan fingerprint density at radius 3 is 2.68 bits per heavy atom. The van der Waals surface area contributed by atoms with Crippen LogP contribution in [0.3, 0.4) is 0 Å². The van der Waals surface area contributed by atoms with E-state index in [0.717, 1.165) is 6.07 Å². The lowest BCUT2D eigenvalue weighted by Crippen LogP contribution is -2.41.